The number of ether oxygens (including phenoxy) is 1. The van der Waals surface area contributed by atoms with Gasteiger partial charge in [0, 0.05) is 11.3 Å². The molecule has 0 aromatic heterocycles. The first-order chi connectivity index (χ1) is 11.5. The highest BCUT2D eigenvalue weighted by Gasteiger charge is 2.32. The third-order valence-corrected chi connectivity index (χ3v) is 3.89. The number of carbonyl (C=O) groups excluding carboxylic acids is 2. The molecule has 3 rings (SSSR count). The zero-order valence-electron chi connectivity index (χ0n) is 13.2. The Bertz CT molecular complexity index is 761. The fraction of sp³-hybridized carbons (Fsp3) is 0.222. The van der Waals surface area contributed by atoms with E-state index in [1.165, 1.54) is 29.2 Å². The van der Waals surface area contributed by atoms with Crippen LogP contribution in [0.5, 0.6) is 0 Å². The van der Waals surface area contributed by atoms with E-state index in [9.17, 15) is 14.0 Å². The molecule has 2 aromatic carbocycles. The van der Waals surface area contributed by atoms with Crippen molar-refractivity contribution >= 4 is 17.7 Å². The Hall–Kier alpha value is -2.89. The van der Waals surface area contributed by atoms with Crippen molar-refractivity contribution in [2.75, 3.05) is 18.0 Å². The molecule has 2 aromatic rings. The van der Waals surface area contributed by atoms with Gasteiger partial charge in [0.15, 0.2) is 0 Å². The fourth-order valence-corrected chi connectivity index (χ4v) is 2.59. The van der Waals surface area contributed by atoms with E-state index in [2.05, 4.69) is 5.32 Å². The second-order valence-corrected chi connectivity index (χ2v) is 5.62. The molecule has 124 valence electrons. The van der Waals surface area contributed by atoms with Crippen molar-refractivity contribution in [3.63, 3.8) is 0 Å². The summed E-state index contributed by atoms with van der Waals surface area (Å²) >= 11 is 0. The van der Waals surface area contributed by atoms with Crippen molar-refractivity contribution in [2.45, 2.75) is 13.0 Å². The number of anilines is 1. The molecular formula is C18H17FN2O3. The van der Waals surface area contributed by atoms with E-state index >= 15 is 0 Å². The standard InChI is InChI=1S/C18H17FN2O3/c1-12-4-2-3-5-16(12)17(22)20-10-15-11-21(18(23)24-15)14-8-6-13(19)7-9-14/h2-9,15H,10-11H2,1H3,(H,20,22)/t15-/m1/s1. The first-order valence-corrected chi connectivity index (χ1v) is 7.62. The van der Waals surface area contributed by atoms with Crippen LogP contribution < -0.4 is 10.2 Å². The molecule has 0 bridgehead atoms. The predicted molar refractivity (Wildman–Crippen MR) is 87.5 cm³/mol. The molecule has 5 nitrogen and oxygen atoms in total. The molecule has 1 fully saturated rings. The molecule has 1 aliphatic rings. The van der Waals surface area contributed by atoms with E-state index in [-0.39, 0.29) is 18.3 Å². The Morgan fingerprint density at radius 1 is 1.25 bits per heavy atom. The average molecular weight is 328 g/mol. The molecule has 1 saturated heterocycles. The van der Waals surface area contributed by atoms with Crippen LogP contribution in [0, 0.1) is 12.7 Å². The molecule has 1 heterocycles. The van der Waals surface area contributed by atoms with Gasteiger partial charge in [-0.15, -0.1) is 0 Å². The minimum atomic E-state index is -0.503. The molecule has 1 atom stereocenters. The smallest absolute Gasteiger partial charge is 0.414 e. The third kappa shape index (κ3) is 3.37. The topological polar surface area (TPSA) is 58.6 Å². The molecule has 24 heavy (non-hydrogen) atoms. The van der Waals surface area contributed by atoms with Gasteiger partial charge in [0.2, 0.25) is 0 Å². The molecule has 0 spiro atoms. The molecular weight excluding hydrogens is 311 g/mol. The Morgan fingerprint density at radius 3 is 2.67 bits per heavy atom. The lowest BCUT2D eigenvalue weighted by Crippen LogP contribution is -2.34. The van der Waals surface area contributed by atoms with Crippen LogP contribution in [0.1, 0.15) is 15.9 Å². The summed E-state index contributed by atoms with van der Waals surface area (Å²) in [6.45, 7) is 2.38. The van der Waals surface area contributed by atoms with E-state index in [1.807, 2.05) is 19.1 Å². The van der Waals surface area contributed by atoms with Crippen LogP contribution >= 0.6 is 0 Å². The maximum Gasteiger partial charge on any atom is 0.414 e. The van der Waals surface area contributed by atoms with E-state index in [0.29, 0.717) is 17.8 Å². The number of nitrogens with zero attached hydrogens (tertiary/aromatic N) is 1. The number of aryl methyl sites for hydroxylation is 1. The summed E-state index contributed by atoms with van der Waals surface area (Å²) in [5, 5.41) is 2.78. The summed E-state index contributed by atoms with van der Waals surface area (Å²) in [5.41, 5.74) is 2.04. The SMILES string of the molecule is Cc1ccccc1C(=O)NC[C@@H]1CN(c2ccc(F)cc2)C(=O)O1. The van der Waals surface area contributed by atoms with Crippen molar-refractivity contribution in [2.24, 2.45) is 0 Å². The van der Waals surface area contributed by atoms with Gasteiger partial charge < -0.3 is 10.1 Å². The van der Waals surface area contributed by atoms with Gasteiger partial charge >= 0.3 is 6.09 Å². The molecule has 2 amide bonds. The van der Waals surface area contributed by atoms with Crippen molar-refractivity contribution in [1.29, 1.82) is 0 Å². The van der Waals surface area contributed by atoms with E-state index in [0.717, 1.165) is 5.56 Å². The van der Waals surface area contributed by atoms with Gasteiger partial charge in [0.05, 0.1) is 13.1 Å². The predicted octanol–water partition coefficient (Wildman–Crippen LogP) is 2.89. The molecule has 1 aliphatic heterocycles. The van der Waals surface area contributed by atoms with Gasteiger partial charge in [-0.25, -0.2) is 9.18 Å². The molecule has 1 N–H and O–H groups in total. The fourth-order valence-electron chi connectivity index (χ4n) is 2.59. The summed E-state index contributed by atoms with van der Waals surface area (Å²) in [5.74, 6) is -0.572. The molecule has 0 saturated carbocycles. The summed E-state index contributed by atoms with van der Waals surface area (Å²) in [4.78, 5) is 25.5. The summed E-state index contributed by atoms with van der Waals surface area (Å²) < 4.78 is 18.2. The van der Waals surface area contributed by atoms with Crippen LogP contribution in [-0.2, 0) is 4.74 Å². The van der Waals surface area contributed by atoms with Crippen LogP contribution in [0.4, 0.5) is 14.9 Å². The Kier molecular flexibility index (Phi) is 4.46. The zero-order valence-corrected chi connectivity index (χ0v) is 13.2. The van der Waals surface area contributed by atoms with Crippen molar-refractivity contribution < 1.29 is 18.7 Å². The number of nitrogens with one attached hydrogen (secondary N) is 1. The number of carbonyl (C=O) groups is 2. The van der Waals surface area contributed by atoms with Gasteiger partial charge in [-0.1, -0.05) is 18.2 Å². The molecule has 6 heteroatoms. The van der Waals surface area contributed by atoms with Crippen molar-refractivity contribution in [3.8, 4) is 0 Å². The van der Waals surface area contributed by atoms with Crippen molar-refractivity contribution in [1.82, 2.24) is 5.32 Å². The first-order valence-electron chi connectivity index (χ1n) is 7.62. The summed E-state index contributed by atoms with van der Waals surface area (Å²) in [6, 6.07) is 12.9. The maximum absolute atomic E-state index is 13.0. The lowest BCUT2D eigenvalue weighted by molar-refractivity contribution is 0.0915. The van der Waals surface area contributed by atoms with Gasteiger partial charge in [-0.2, -0.15) is 0 Å². The lowest BCUT2D eigenvalue weighted by Gasteiger charge is -2.13. The Morgan fingerprint density at radius 2 is 1.96 bits per heavy atom. The van der Waals surface area contributed by atoms with E-state index < -0.39 is 12.2 Å². The summed E-state index contributed by atoms with van der Waals surface area (Å²) in [6.07, 6.45) is -0.952. The second-order valence-electron chi connectivity index (χ2n) is 5.62. The minimum absolute atomic E-state index is 0.204. The molecule has 0 radical (unpaired) electrons. The highest BCUT2D eigenvalue weighted by atomic mass is 19.1. The van der Waals surface area contributed by atoms with Crippen LogP contribution in [0.3, 0.4) is 0 Å². The minimum Gasteiger partial charge on any atom is -0.442 e. The molecule has 0 aliphatic carbocycles. The average Bonchev–Trinajstić information content (AvgIpc) is 2.95. The van der Waals surface area contributed by atoms with Crippen LogP contribution in [0.25, 0.3) is 0 Å². The van der Waals surface area contributed by atoms with Gasteiger partial charge in [-0.05, 0) is 42.8 Å². The maximum atomic E-state index is 13.0. The Labute approximate surface area is 139 Å². The van der Waals surface area contributed by atoms with Crippen LogP contribution in [-0.4, -0.2) is 31.2 Å². The number of hydrogen-bond acceptors (Lipinski definition) is 3. The quantitative estimate of drug-likeness (QED) is 0.939. The largest absolute Gasteiger partial charge is 0.442 e. The van der Waals surface area contributed by atoms with Crippen molar-refractivity contribution in [3.05, 3.63) is 65.5 Å². The number of benzene rings is 2. The Balaban J connectivity index is 1.59. The molecule has 0 unspecified atom stereocenters. The van der Waals surface area contributed by atoms with E-state index in [1.54, 1.807) is 12.1 Å². The number of cyclic esters (lactones) is 1. The number of rotatable bonds is 4. The van der Waals surface area contributed by atoms with Gasteiger partial charge in [0.25, 0.3) is 5.91 Å². The second kappa shape index (κ2) is 6.70. The highest BCUT2D eigenvalue weighted by Crippen LogP contribution is 2.21. The summed E-state index contributed by atoms with van der Waals surface area (Å²) in [7, 11) is 0. The monoisotopic (exact) mass is 328 g/mol. The highest BCUT2D eigenvalue weighted by molar-refractivity contribution is 5.95. The number of amides is 2. The van der Waals surface area contributed by atoms with Crippen LogP contribution in [0.15, 0.2) is 48.5 Å². The van der Waals surface area contributed by atoms with Gasteiger partial charge in [0.1, 0.15) is 11.9 Å². The van der Waals surface area contributed by atoms with Crippen LogP contribution in [0.2, 0.25) is 0 Å². The third-order valence-electron chi connectivity index (χ3n) is 3.89. The zero-order chi connectivity index (χ0) is 17.1. The van der Waals surface area contributed by atoms with E-state index in [4.69, 9.17) is 4.74 Å². The van der Waals surface area contributed by atoms with Gasteiger partial charge in [-0.3, -0.25) is 9.69 Å². The lowest BCUT2D eigenvalue weighted by atomic mass is 10.1. The number of halogens is 1. The normalized spacial score (nSPS) is 16.8. The first kappa shape index (κ1) is 16.0. The number of hydrogen-bond donors (Lipinski definition) is 1.